The van der Waals surface area contributed by atoms with E-state index in [9.17, 15) is 13.6 Å². The molecule has 1 unspecified atom stereocenters. The number of carbonyl (C=O) groups is 1. The van der Waals surface area contributed by atoms with Crippen LogP contribution in [0.25, 0.3) is 0 Å². The summed E-state index contributed by atoms with van der Waals surface area (Å²) in [5, 5.41) is 0. The van der Waals surface area contributed by atoms with Crippen molar-refractivity contribution in [1.29, 1.82) is 0 Å². The molecule has 2 heterocycles. The second-order valence-electron chi connectivity index (χ2n) is 7.16. The van der Waals surface area contributed by atoms with Gasteiger partial charge in [-0.25, -0.2) is 13.8 Å². The first-order chi connectivity index (χ1) is 14.4. The van der Waals surface area contributed by atoms with Gasteiger partial charge >= 0.3 is 0 Å². The quantitative estimate of drug-likeness (QED) is 0.842. The highest BCUT2D eigenvalue weighted by atomic mass is 19.1. The van der Waals surface area contributed by atoms with Gasteiger partial charge in [0.25, 0.3) is 5.91 Å². The summed E-state index contributed by atoms with van der Waals surface area (Å²) >= 11 is 0. The SMILES string of the molecule is COc1ccc([C@]2(c3ccc(F)c(C4C=C(F)C=NC4)c3)N=C(N)N(C)C2=O)cc1. The van der Waals surface area contributed by atoms with Crippen LogP contribution in [0.15, 0.2) is 64.4 Å². The number of nitrogens with zero attached hydrogens (tertiary/aromatic N) is 3. The Hall–Kier alpha value is -3.55. The maximum Gasteiger partial charge on any atom is 0.266 e. The summed E-state index contributed by atoms with van der Waals surface area (Å²) in [6.45, 7) is 0.211. The average Bonchev–Trinajstić information content (AvgIpc) is 2.99. The average molecular weight is 410 g/mol. The first kappa shape index (κ1) is 19.8. The zero-order chi connectivity index (χ0) is 21.5. The molecule has 0 spiro atoms. The number of guanidine groups is 1. The second-order valence-corrected chi connectivity index (χ2v) is 7.16. The number of carbonyl (C=O) groups excluding carboxylic acids is 1. The molecule has 30 heavy (non-hydrogen) atoms. The zero-order valence-electron chi connectivity index (χ0n) is 16.5. The van der Waals surface area contributed by atoms with Gasteiger partial charge in [-0.05, 0) is 47.0 Å². The largest absolute Gasteiger partial charge is 0.497 e. The molecule has 6 nitrogen and oxygen atoms in total. The summed E-state index contributed by atoms with van der Waals surface area (Å²) < 4.78 is 33.6. The van der Waals surface area contributed by atoms with Crippen LogP contribution >= 0.6 is 0 Å². The Kier molecular flexibility index (Phi) is 4.85. The smallest absolute Gasteiger partial charge is 0.266 e. The van der Waals surface area contributed by atoms with E-state index in [-0.39, 0.29) is 24.0 Å². The van der Waals surface area contributed by atoms with Crippen LogP contribution in [0.3, 0.4) is 0 Å². The number of aliphatic imine (C=N–C) groups is 2. The van der Waals surface area contributed by atoms with Crippen molar-refractivity contribution in [3.05, 3.63) is 76.9 Å². The van der Waals surface area contributed by atoms with Gasteiger partial charge in [0.2, 0.25) is 0 Å². The van der Waals surface area contributed by atoms with E-state index in [2.05, 4.69) is 9.98 Å². The Morgan fingerprint density at radius 3 is 2.47 bits per heavy atom. The van der Waals surface area contributed by atoms with Gasteiger partial charge in [0.1, 0.15) is 17.4 Å². The highest BCUT2D eigenvalue weighted by molar-refractivity contribution is 6.08. The van der Waals surface area contributed by atoms with Crippen LogP contribution in [0.2, 0.25) is 0 Å². The topological polar surface area (TPSA) is 80.3 Å². The third-order valence-electron chi connectivity index (χ3n) is 5.44. The fourth-order valence-electron chi connectivity index (χ4n) is 3.80. The minimum atomic E-state index is -1.48. The van der Waals surface area contributed by atoms with E-state index in [0.717, 1.165) is 6.21 Å². The van der Waals surface area contributed by atoms with Crippen LogP contribution in [0.4, 0.5) is 8.78 Å². The molecule has 2 aliphatic heterocycles. The highest BCUT2D eigenvalue weighted by Crippen LogP contribution is 2.41. The van der Waals surface area contributed by atoms with Crippen molar-refractivity contribution in [2.24, 2.45) is 15.7 Å². The minimum absolute atomic E-state index is 0.0508. The van der Waals surface area contributed by atoms with E-state index < -0.39 is 23.1 Å². The van der Waals surface area contributed by atoms with Gasteiger partial charge in [-0.3, -0.25) is 14.7 Å². The molecule has 2 atom stereocenters. The summed E-state index contributed by atoms with van der Waals surface area (Å²) in [5.74, 6) is -1.32. The highest BCUT2D eigenvalue weighted by Gasteiger charge is 2.49. The molecule has 2 aromatic rings. The number of benzene rings is 2. The molecule has 1 amide bonds. The summed E-state index contributed by atoms with van der Waals surface area (Å²) in [6.07, 6.45) is 2.42. The van der Waals surface area contributed by atoms with Gasteiger partial charge in [-0.1, -0.05) is 18.2 Å². The van der Waals surface area contributed by atoms with Crippen molar-refractivity contribution in [3.8, 4) is 5.75 Å². The molecule has 0 aliphatic carbocycles. The lowest BCUT2D eigenvalue weighted by Crippen LogP contribution is -2.41. The minimum Gasteiger partial charge on any atom is -0.497 e. The molecular formula is C22H20F2N4O2. The number of ether oxygens (including phenoxy) is 1. The third kappa shape index (κ3) is 3.04. The van der Waals surface area contributed by atoms with Crippen LogP contribution in [0.5, 0.6) is 5.75 Å². The van der Waals surface area contributed by atoms with Crippen molar-refractivity contribution < 1.29 is 18.3 Å². The molecule has 2 aliphatic rings. The molecule has 2 aromatic carbocycles. The molecule has 0 saturated heterocycles. The van der Waals surface area contributed by atoms with Gasteiger partial charge in [-0.15, -0.1) is 0 Å². The van der Waals surface area contributed by atoms with Gasteiger partial charge in [-0.2, -0.15) is 0 Å². The summed E-state index contributed by atoms with van der Waals surface area (Å²) in [5.41, 5.74) is 5.73. The lowest BCUT2D eigenvalue weighted by Gasteiger charge is -2.27. The molecule has 0 radical (unpaired) electrons. The van der Waals surface area contributed by atoms with Gasteiger partial charge < -0.3 is 10.5 Å². The van der Waals surface area contributed by atoms with Crippen molar-refractivity contribution in [2.75, 3.05) is 20.7 Å². The monoisotopic (exact) mass is 410 g/mol. The molecular weight excluding hydrogens is 390 g/mol. The standard InChI is InChI=1S/C22H20F2N4O2/c1-28-20(29)22(27-21(28)25,14-3-6-17(30-2)7-4-14)15-5-8-19(24)18(10-15)13-9-16(23)12-26-11-13/h3-10,12-13H,11H2,1-2H3,(H2,25,27)/t13?,22-/m1/s1. The summed E-state index contributed by atoms with van der Waals surface area (Å²) in [4.78, 5) is 23.0. The Morgan fingerprint density at radius 2 is 1.87 bits per heavy atom. The maximum absolute atomic E-state index is 14.7. The lowest BCUT2D eigenvalue weighted by molar-refractivity contribution is -0.129. The van der Waals surface area contributed by atoms with Gasteiger partial charge in [0, 0.05) is 19.5 Å². The van der Waals surface area contributed by atoms with E-state index in [1.165, 1.54) is 30.2 Å². The van der Waals surface area contributed by atoms with Crippen LogP contribution in [-0.4, -0.2) is 43.7 Å². The van der Waals surface area contributed by atoms with Gasteiger partial charge in [0.05, 0.1) is 13.3 Å². The Labute approximate surface area is 172 Å². The molecule has 0 aromatic heterocycles. The Morgan fingerprint density at radius 1 is 1.17 bits per heavy atom. The molecule has 0 fully saturated rings. The fraction of sp³-hybridized carbons (Fsp3) is 0.227. The number of hydrogen-bond acceptors (Lipinski definition) is 5. The van der Waals surface area contributed by atoms with Crippen LogP contribution < -0.4 is 10.5 Å². The number of hydrogen-bond donors (Lipinski definition) is 1. The molecule has 0 saturated carbocycles. The maximum atomic E-state index is 14.7. The molecule has 154 valence electrons. The number of allylic oxidation sites excluding steroid dienone is 1. The van der Waals surface area contributed by atoms with Gasteiger partial charge in [0.15, 0.2) is 11.5 Å². The van der Waals surface area contributed by atoms with E-state index in [1.807, 2.05) is 0 Å². The Balaban J connectivity index is 1.90. The Bertz CT molecular complexity index is 1090. The number of likely N-dealkylation sites (N-methyl/N-ethyl adjacent to an activating group) is 1. The number of rotatable bonds is 4. The first-order valence-electron chi connectivity index (χ1n) is 9.32. The van der Waals surface area contributed by atoms with Crippen molar-refractivity contribution >= 4 is 18.1 Å². The first-order valence-corrected chi connectivity index (χ1v) is 9.32. The van der Waals surface area contributed by atoms with Crippen molar-refractivity contribution in [1.82, 2.24) is 4.90 Å². The lowest BCUT2D eigenvalue weighted by atomic mass is 9.81. The number of halogens is 2. The predicted octanol–water partition coefficient (Wildman–Crippen LogP) is 2.89. The summed E-state index contributed by atoms with van der Waals surface area (Å²) in [6, 6.07) is 11.2. The van der Waals surface area contributed by atoms with Crippen LogP contribution in [0, 0.1) is 5.82 Å². The zero-order valence-corrected chi connectivity index (χ0v) is 16.5. The van der Waals surface area contributed by atoms with E-state index in [1.54, 1.807) is 37.4 Å². The summed E-state index contributed by atoms with van der Waals surface area (Å²) in [7, 11) is 3.08. The third-order valence-corrected chi connectivity index (χ3v) is 5.44. The number of nitrogens with two attached hydrogens (primary N) is 1. The second kappa shape index (κ2) is 7.37. The molecule has 2 N–H and O–H groups in total. The fourth-order valence-corrected chi connectivity index (χ4v) is 3.80. The van der Waals surface area contributed by atoms with Crippen molar-refractivity contribution in [3.63, 3.8) is 0 Å². The van der Waals surface area contributed by atoms with E-state index in [4.69, 9.17) is 10.5 Å². The normalized spacial score (nSPS) is 23.4. The van der Waals surface area contributed by atoms with Crippen molar-refractivity contribution in [2.45, 2.75) is 11.5 Å². The number of amides is 1. The molecule has 4 rings (SSSR count). The van der Waals surface area contributed by atoms with E-state index >= 15 is 0 Å². The van der Waals surface area contributed by atoms with Crippen LogP contribution in [0.1, 0.15) is 22.6 Å². The van der Waals surface area contributed by atoms with E-state index in [0.29, 0.717) is 16.9 Å². The number of dihydropyridines is 1. The molecule has 0 bridgehead atoms. The number of methoxy groups -OCH3 is 1. The predicted molar refractivity (Wildman–Crippen MR) is 110 cm³/mol. The molecule has 8 heteroatoms. The van der Waals surface area contributed by atoms with Crippen LogP contribution in [-0.2, 0) is 10.3 Å².